The molecule has 0 saturated carbocycles. The van der Waals surface area contributed by atoms with Gasteiger partial charge in [0, 0.05) is 8.20 Å². The van der Waals surface area contributed by atoms with Gasteiger partial charge in [0.2, 0.25) is 0 Å². The van der Waals surface area contributed by atoms with Crippen LogP contribution in [0.5, 0.6) is 0 Å². The third kappa shape index (κ3) is 4.09. The Labute approximate surface area is 45.0 Å². The average molecular weight is 125 g/mol. The van der Waals surface area contributed by atoms with Crippen molar-refractivity contribution in [2.45, 2.75) is 0 Å². The van der Waals surface area contributed by atoms with Gasteiger partial charge in [-0.1, -0.05) is 4.54 Å². The van der Waals surface area contributed by atoms with Crippen molar-refractivity contribution < 1.29 is 0 Å². The van der Waals surface area contributed by atoms with Gasteiger partial charge < -0.3 is 0 Å². The minimum absolute atomic E-state index is 0.628. The molecule has 0 rings (SSSR count). The van der Waals surface area contributed by atoms with Crippen LogP contribution in [-0.2, 0) is 0 Å². The van der Waals surface area contributed by atoms with E-state index in [1.54, 1.807) is 0 Å². The van der Waals surface area contributed by atoms with Crippen molar-refractivity contribution in [1.29, 1.82) is 5.26 Å². The van der Waals surface area contributed by atoms with Crippen LogP contribution in [0.4, 0.5) is 0 Å². The van der Waals surface area contributed by atoms with E-state index in [0.717, 1.165) is 4.54 Å². The van der Waals surface area contributed by atoms with Crippen LogP contribution in [0.3, 0.4) is 0 Å². The fourth-order valence-electron chi connectivity index (χ4n) is 0.0500. The molecular weight excluding hydrogens is 125 g/mol. The molecule has 4 heteroatoms. The van der Waals surface area contributed by atoms with Crippen LogP contribution in [0.15, 0.2) is 0 Å². The van der Waals surface area contributed by atoms with Gasteiger partial charge in [-0.25, -0.2) is 0 Å². The summed E-state index contributed by atoms with van der Waals surface area (Å²) in [6, 6.07) is 0. The van der Waals surface area contributed by atoms with Gasteiger partial charge in [0.05, 0.1) is 20.5 Å². The van der Waals surface area contributed by atoms with E-state index in [1.807, 2.05) is 5.81 Å². The fourth-order valence-corrected chi connectivity index (χ4v) is 0.450. The lowest BCUT2D eigenvalue weighted by atomic mass is 11.8. The van der Waals surface area contributed by atoms with Crippen LogP contribution in [0.25, 0.3) is 0 Å². The Kier molecular flexibility index (Phi) is 3.34. The van der Waals surface area contributed by atoms with Crippen molar-refractivity contribution >= 4 is 33.2 Å². The molecule has 0 aromatic heterocycles. The van der Waals surface area contributed by atoms with E-state index in [0.29, 0.717) is 8.20 Å². The maximum atomic E-state index is 7.89. The van der Waals surface area contributed by atoms with E-state index in [9.17, 15) is 0 Å². The molecule has 0 aromatic rings. The zero-order chi connectivity index (χ0) is 4.99. The molecule has 0 heterocycles. The molecule has 6 heavy (non-hydrogen) atoms. The highest BCUT2D eigenvalue weighted by Crippen LogP contribution is 1.86. The standard InChI is InChI=1S/C2NPSi2/c3-1-4-2(5)6. The van der Waals surface area contributed by atoms with Gasteiger partial charge in [-0.3, -0.25) is 0 Å². The summed E-state index contributed by atoms with van der Waals surface area (Å²) in [5.41, 5.74) is 0. The molecule has 0 atom stereocenters. The van der Waals surface area contributed by atoms with Crippen LogP contribution >= 0.6 is 8.20 Å². The van der Waals surface area contributed by atoms with E-state index in [4.69, 9.17) is 5.26 Å². The number of nitriles is 1. The zero-order valence-electron chi connectivity index (χ0n) is 2.89. The van der Waals surface area contributed by atoms with Crippen molar-refractivity contribution in [2.24, 2.45) is 0 Å². The summed E-state index contributed by atoms with van der Waals surface area (Å²) >= 11 is 0. The van der Waals surface area contributed by atoms with E-state index < -0.39 is 0 Å². The lowest BCUT2D eigenvalue weighted by Crippen LogP contribution is -1.86. The number of hydrogen-bond acceptors (Lipinski definition) is 1. The normalized spacial score (nSPS) is 7.50. The van der Waals surface area contributed by atoms with Crippen molar-refractivity contribution in [1.82, 2.24) is 0 Å². The summed E-state index contributed by atoms with van der Waals surface area (Å²) in [4.78, 5) is 0. The molecule has 0 aliphatic carbocycles. The topological polar surface area (TPSA) is 23.8 Å². The Morgan fingerprint density at radius 1 is 1.67 bits per heavy atom. The van der Waals surface area contributed by atoms with E-state index in [-0.39, 0.29) is 0 Å². The van der Waals surface area contributed by atoms with Gasteiger partial charge in [0.15, 0.2) is 0 Å². The van der Waals surface area contributed by atoms with Crippen LogP contribution in [0.1, 0.15) is 0 Å². The maximum Gasteiger partial charge on any atom is 0.121 e. The molecule has 0 saturated heterocycles. The molecular formula is C2NPSi2. The smallest absolute Gasteiger partial charge is 0.121 e. The quantitative estimate of drug-likeness (QED) is 0.326. The molecule has 26 valence electrons. The molecule has 0 fully saturated rings. The third-order valence-electron chi connectivity index (χ3n) is 0.162. The fraction of sp³-hybridized carbons (Fsp3) is 0. The SMILES string of the molecule is N#CP=C([Si])[Si]. The predicted octanol–water partition coefficient (Wildman–Crippen LogP) is -0.162. The minimum Gasteiger partial charge on any atom is -0.188 e. The highest BCUT2D eigenvalue weighted by atomic mass is 31.1. The summed E-state index contributed by atoms with van der Waals surface area (Å²) in [6.45, 7) is 0. The lowest BCUT2D eigenvalue weighted by Gasteiger charge is -1.68. The van der Waals surface area contributed by atoms with Crippen molar-refractivity contribution in [3.05, 3.63) is 0 Å². The molecule has 1 nitrogen and oxygen atoms in total. The van der Waals surface area contributed by atoms with Crippen molar-refractivity contribution in [3.8, 4) is 5.81 Å². The number of rotatable bonds is 0. The maximum absolute atomic E-state index is 7.89. The Balaban J connectivity index is 3.51. The summed E-state index contributed by atoms with van der Waals surface area (Å²) in [5.74, 6) is 1.91. The van der Waals surface area contributed by atoms with E-state index >= 15 is 0 Å². The Bertz CT molecular complexity index is 98.6. The molecule has 6 radical (unpaired) electrons. The van der Waals surface area contributed by atoms with Gasteiger partial charge in [-0.15, -0.1) is 0 Å². The molecule has 0 aliphatic rings. The molecule has 0 unspecified atom stereocenters. The van der Waals surface area contributed by atoms with E-state index in [2.05, 4.69) is 20.5 Å². The third-order valence-corrected chi connectivity index (χ3v) is 1.16. The molecule has 0 spiro atoms. The van der Waals surface area contributed by atoms with Crippen molar-refractivity contribution in [2.75, 3.05) is 0 Å². The van der Waals surface area contributed by atoms with Crippen LogP contribution in [0.2, 0.25) is 0 Å². The second kappa shape index (κ2) is 3.29. The largest absolute Gasteiger partial charge is 0.188 e. The first-order chi connectivity index (χ1) is 2.77. The summed E-state index contributed by atoms with van der Waals surface area (Å²) in [5, 5.41) is 7.89. The second-order valence-electron chi connectivity index (χ2n) is 0.560. The number of hydrogen-bond donors (Lipinski definition) is 0. The van der Waals surface area contributed by atoms with Crippen LogP contribution < -0.4 is 0 Å². The van der Waals surface area contributed by atoms with Crippen LogP contribution in [-0.4, -0.2) is 25.0 Å². The monoisotopic (exact) mass is 125 g/mol. The Morgan fingerprint density at radius 2 is 2.17 bits per heavy atom. The molecule has 0 aliphatic heterocycles. The van der Waals surface area contributed by atoms with Gasteiger partial charge >= 0.3 is 0 Å². The van der Waals surface area contributed by atoms with Crippen LogP contribution in [0, 0.1) is 11.1 Å². The zero-order valence-corrected chi connectivity index (χ0v) is 5.79. The Hall–Kier alpha value is 0.0938. The van der Waals surface area contributed by atoms with Gasteiger partial charge in [-0.05, 0) is 0 Å². The van der Waals surface area contributed by atoms with Gasteiger partial charge in [-0.2, -0.15) is 5.26 Å². The highest BCUT2D eigenvalue weighted by Gasteiger charge is 1.69. The van der Waals surface area contributed by atoms with E-state index in [1.165, 1.54) is 0 Å². The minimum atomic E-state index is 0.628. The van der Waals surface area contributed by atoms with Gasteiger partial charge in [0.25, 0.3) is 0 Å². The average Bonchev–Trinajstić information content (AvgIpc) is 1.35. The lowest BCUT2D eigenvalue weighted by molar-refractivity contribution is 1.57. The van der Waals surface area contributed by atoms with Gasteiger partial charge in [0.1, 0.15) is 5.81 Å². The Morgan fingerprint density at radius 3 is 2.17 bits per heavy atom. The first-order valence-corrected chi connectivity index (χ1v) is 3.07. The molecule has 0 aromatic carbocycles. The summed E-state index contributed by atoms with van der Waals surface area (Å²) < 4.78 is 0.762. The predicted molar refractivity (Wildman–Crippen MR) is 29.0 cm³/mol. The molecule has 0 bridgehead atoms. The first-order valence-electron chi connectivity index (χ1n) is 1.17. The molecule has 0 N–H and O–H groups in total. The summed E-state index contributed by atoms with van der Waals surface area (Å²) in [6.07, 6.45) is 0. The number of nitrogens with zero attached hydrogens (tertiary/aromatic N) is 1. The highest BCUT2D eigenvalue weighted by molar-refractivity contribution is 7.55. The van der Waals surface area contributed by atoms with Crippen molar-refractivity contribution in [3.63, 3.8) is 0 Å². The first kappa shape index (κ1) is 6.09. The molecule has 0 amide bonds. The second-order valence-corrected chi connectivity index (χ2v) is 3.77. The summed E-state index contributed by atoms with van der Waals surface area (Å²) in [7, 11) is 6.78.